The van der Waals surface area contributed by atoms with Gasteiger partial charge in [-0.3, -0.25) is 14.9 Å². The van der Waals surface area contributed by atoms with Crippen molar-refractivity contribution in [1.29, 1.82) is 0 Å². The minimum Gasteiger partial charge on any atom is -0.342 e. The van der Waals surface area contributed by atoms with Gasteiger partial charge in [-0.05, 0) is 19.1 Å². The molecule has 1 atom stereocenters. The van der Waals surface area contributed by atoms with E-state index in [0.29, 0.717) is 16.9 Å². The molecule has 0 aliphatic rings. The summed E-state index contributed by atoms with van der Waals surface area (Å²) >= 11 is 0. The van der Waals surface area contributed by atoms with Gasteiger partial charge in [-0.15, -0.1) is 0 Å². The summed E-state index contributed by atoms with van der Waals surface area (Å²) in [7, 11) is 0. The van der Waals surface area contributed by atoms with Crippen molar-refractivity contribution in [1.82, 2.24) is 25.5 Å². The maximum Gasteiger partial charge on any atom is 0.254 e. The minimum atomic E-state index is -0.246. The van der Waals surface area contributed by atoms with Gasteiger partial charge in [0.2, 0.25) is 0 Å². The number of pyridine rings is 1. The number of benzene rings is 1. The normalized spacial score (nSPS) is 12.2. The first-order valence-corrected chi connectivity index (χ1v) is 6.25. The van der Waals surface area contributed by atoms with Crippen LogP contribution in [0.25, 0.3) is 10.9 Å². The predicted octanol–water partition coefficient (Wildman–Crippen LogP) is 1.84. The third kappa shape index (κ3) is 2.23. The van der Waals surface area contributed by atoms with Crippen LogP contribution >= 0.6 is 0 Å². The highest BCUT2D eigenvalue weighted by Gasteiger charge is 2.15. The van der Waals surface area contributed by atoms with Gasteiger partial charge in [0.1, 0.15) is 12.2 Å². The first-order valence-electron chi connectivity index (χ1n) is 6.25. The lowest BCUT2D eigenvalue weighted by Crippen LogP contribution is -2.27. The maximum absolute atomic E-state index is 12.4. The molecule has 6 nitrogen and oxygen atoms in total. The van der Waals surface area contributed by atoms with Crippen molar-refractivity contribution >= 4 is 16.8 Å². The largest absolute Gasteiger partial charge is 0.342 e. The molecule has 2 heterocycles. The second-order valence-electron chi connectivity index (χ2n) is 4.45. The number of H-pyrrole nitrogens is 1. The van der Waals surface area contributed by atoms with Gasteiger partial charge in [-0.25, -0.2) is 4.98 Å². The van der Waals surface area contributed by atoms with Gasteiger partial charge in [-0.2, -0.15) is 5.10 Å². The summed E-state index contributed by atoms with van der Waals surface area (Å²) in [6.45, 7) is 1.84. The van der Waals surface area contributed by atoms with E-state index in [0.717, 1.165) is 5.39 Å². The lowest BCUT2D eigenvalue weighted by molar-refractivity contribution is 0.0940. The molecule has 3 rings (SSSR count). The van der Waals surface area contributed by atoms with Crippen LogP contribution < -0.4 is 5.32 Å². The van der Waals surface area contributed by atoms with Crippen molar-refractivity contribution in [2.24, 2.45) is 0 Å². The molecule has 0 saturated heterocycles. The molecule has 100 valence electrons. The Labute approximate surface area is 115 Å². The van der Waals surface area contributed by atoms with Crippen LogP contribution in [0, 0.1) is 0 Å². The minimum absolute atomic E-state index is 0.182. The Hall–Kier alpha value is -2.76. The Bertz CT molecular complexity index is 733. The molecule has 0 bridgehead atoms. The number of para-hydroxylation sites is 1. The number of rotatable bonds is 3. The van der Waals surface area contributed by atoms with Gasteiger partial charge in [0, 0.05) is 11.6 Å². The van der Waals surface area contributed by atoms with Crippen LogP contribution in [-0.2, 0) is 0 Å². The molecular weight excluding hydrogens is 254 g/mol. The molecule has 1 unspecified atom stereocenters. The average molecular weight is 267 g/mol. The van der Waals surface area contributed by atoms with Gasteiger partial charge in [0.15, 0.2) is 0 Å². The number of amides is 1. The van der Waals surface area contributed by atoms with E-state index in [1.54, 1.807) is 12.3 Å². The zero-order valence-corrected chi connectivity index (χ0v) is 10.9. The van der Waals surface area contributed by atoms with Crippen LogP contribution in [0.3, 0.4) is 0 Å². The van der Waals surface area contributed by atoms with Gasteiger partial charge >= 0.3 is 0 Å². The SMILES string of the molecule is CC(NC(=O)c1cccc2cccnc12)c1ncn[nH]1. The summed E-state index contributed by atoms with van der Waals surface area (Å²) in [5.41, 5.74) is 1.24. The van der Waals surface area contributed by atoms with E-state index in [4.69, 9.17) is 0 Å². The van der Waals surface area contributed by atoms with E-state index >= 15 is 0 Å². The van der Waals surface area contributed by atoms with Crippen LogP contribution in [0.5, 0.6) is 0 Å². The maximum atomic E-state index is 12.4. The molecule has 2 aromatic heterocycles. The van der Waals surface area contributed by atoms with Crippen LogP contribution in [-0.4, -0.2) is 26.1 Å². The quantitative estimate of drug-likeness (QED) is 0.758. The van der Waals surface area contributed by atoms with Crippen LogP contribution in [0.2, 0.25) is 0 Å². The molecule has 1 aromatic carbocycles. The molecule has 6 heteroatoms. The molecule has 0 aliphatic carbocycles. The Morgan fingerprint density at radius 1 is 1.25 bits per heavy atom. The third-order valence-corrected chi connectivity index (χ3v) is 3.07. The molecule has 3 aromatic rings. The standard InChI is InChI=1S/C14H13N5O/c1-9(13-16-8-17-19-13)18-14(20)11-6-2-4-10-5-3-7-15-12(10)11/h2-9H,1H3,(H,18,20)(H,16,17,19). The first kappa shape index (κ1) is 12.3. The molecule has 0 fully saturated rings. The van der Waals surface area contributed by atoms with E-state index < -0.39 is 0 Å². The zero-order valence-electron chi connectivity index (χ0n) is 10.9. The number of hydrogen-bond donors (Lipinski definition) is 2. The summed E-state index contributed by atoms with van der Waals surface area (Å²) in [4.78, 5) is 20.7. The topological polar surface area (TPSA) is 83.6 Å². The van der Waals surface area contributed by atoms with E-state index in [9.17, 15) is 4.79 Å². The monoisotopic (exact) mass is 267 g/mol. The Morgan fingerprint density at radius 3 is 2.90 bits per heavy atom. The molecule has 2 N–H and O–H groups in total. The van der Waals surface area contributed by atoms with E-state index in [2.05, 4.69) is 25.5 Å². The fourth-order valence-electron chi connectivity index (χ4n) is 2.05. The molecule has 0 aliphatic heterocycles. The van der Waals surface area contributed by atoms with Gasteiger partial charge in [0.25, 0.3) is 5.91 Å². The molecule has 0 radical (unpaired) electrons. The summed E-state index contributed by atoms with van der Waals surface area (Å²) in [6.07, 6.45) is 3.09. The van der Waals surface area contributed by atoms with Gasteiger partial charge < -0.3 is 5.32 Å². The highest BCUT2D eigenvalue weighted by molar-refractivity contribution is 6.05. The Morgan fingerprint density at radius 2 is 2.10 bits per heavy atom. The van der Waals surface area contributed by atoms with Crippen molar-refractivity contribution in [2.75, 3.05) is 0 Å². The smallest absolute Gasteiger partial charge is 0.254 e. The number of nitrogens with one attached hydrogen (secondary N) is 2. The Balaban J connectivity index is 1.89. The average Bonchev–Trinajstić information content (AvgIpc) is 3.01. The van der Waals surface area contributed by atoms with E-state index in [-0.39, 0.29) is 11.9 Å². The summed E-state index contributed by atoms with van der Waals surface area (Å²) in [5, 5.41) is 10.3. The highest BCUT2D eigenvalue weighted by Crippen LogP contribution is 2.16. The highest BCUT2D eigenvalue weighted by atomic mass is 16.1. The summed E-state index contributed by atoms with van der Waals surface area (Å²) < 4.78 is 0. The lowest BCUT2D eigenvalue weighted by atomic mass is 10.1. The third-order valence-electron chi connectivity index (χ3n) is 3.07. The molecular formula is C14H13N5O. The second kappa shape index (κ2) is 5.08. The summed E-state index contributed by atoms with van der Waals surface area (Å²) in [6, 6.07) is 9.07. The van der Waals surface area contributed by atoms with Crippen LogP contribution in [0.4, 0.5) is 0 Å². The number of aromatic nitrogens is 4. The Kier molecular flexibility index (Phi) is 3.12. The van der Waals surface area contributed by atoms with Gasteiger partial charge in [0.05, 0.1) is 17.1 Å². The van der Waals surface area contributed by atoms with Crippen molar-refractivity contribution in [3.63, 3.8) is 0 Å². The zero-order chi connectivity index (χ0) is 13.9. The number of carbonyl (C=O) groups is 1. The molecule has 0 spiro atoms. The second-order valence-corrected chi connectivity index (χ2v) is 4.45. The number of aromatic amines is 1. The van der Waals surface area contributed by atoms with E-state index in [1.165, 1.54) is 6.33 Å². The lowest BCUT2D eigenvalue weighted by Gasteiger charge is -2.12. The fourth-order valence-corrected chi connectivity index (χ4v) is 2.05. The van der Waals surface area contributed by atoms with Crippen molar-refractivity contribution < 1.29 is 4.79 Å². The van der Waals surface area contributed by atoms with Crippen molar-refractivity contribution in [3.05, 3.63) is 54.2 Å². The van der Waals surface area contributed by atoms with Crippen LogP contribution in [0.1, 0.15) is 29.1 Å². The molecule has 0 saturated carbocycles. The van der Waals surface area contributed by atoms with Crippen molar-refractivity contribution in [2.45, 2.75) is 13.0 Å². The van der Waals surface area contributed by atoms with Crippen molar-refractivity contribution in [3.8, 4) is 0 Å². The first-order chi connectivity index (χ1) is 9.75. The summed E-state index contributed by atoms with van der Waals surface area (Å²) in [5.74, 6) is 0.435. The van der Waals surface area contributed by atoms with Crippen LogP contribution in [0.15, 0.2) is 42.9 Å². The number of fused-ring (bicyclic) bond motifs is 1. The van der Waals surface area contributed by atoms with Gasteiger partial charge in [-0.1, -0.05) is 18.2 Å². The predicted molar refractivity (Wildman–Crippen MR) is 74.0 cm³/mol. The number of nitrogens with zero attached hydrogens (tertiary/aromatic N) is 3. The molecule has 20 heavy (non-hydrogen) atoms. The molecule has 1 amide bonds. The number of hydrogen-bond acceptors (Lipinski definition) is 4. The number of carbonyl (C=O) groups excluding carboxylic acids is 1. The van der Waals surface area contributed by atoms with E-state index in [1.807, 2.05) is 31.2 Å². The fraction of sp³-hybridized carbons (Fsp3) is 0.143.